The highest BCUT2D eigenvalue weighted by molar-refractivity contribution is 6.98. The van der Waals surface area contributed by atoms with Crippen molar-refractivity contribution in [1.82, 2.24) is 0 Å². The Bertz CT molecular complexity index is 1490. The van der Waals surface area contributed by atoms with Crippen LogP contribution in [0.25, 0.3) is 10.8 Å². The van der Waals surface area contributed by atoms with Gasteiger partial charge in [0, 0.05) is 24.9 Å². The number of ether oxygens (including phenoxy) is 1. The second-order valence-electron chi connectivity index (χ2n) is 14.8. The summed E-state index contributed by atoms with van der Waals surface area (Å²) < 4.78 is 6.06. The van der Waals surface area contributed by atoms with Crippen LogP contribution < -0.4 is 4.90 Å². The molecule has 0 bridgehead atoms. The van der Waals surface area contributed by atoms with Gasteiger partial charge in [-0.1, -0.05) is 123 Å². The van der Waals surface area contributed by atoms with E-state index in [0.717, 1.165) is 13.0 Å². The van der Waals surface area contributed by atoms with Crippen molar-refractivity contribution in [2.45, 2.75) is 76.2 Å². The van der Waals surface area contributed by atoms with Crippen molar-refractivity contribution in [2.75, 3.05) is 18.6 Å². The van der Waals surface area contributed by atoms with E-state index < -0.39 is 8.07 Å². The molecule has 0 aromatic heterocycles. The first-order valence-electron chi connectivity index (χ1n) is 16.8. The first-order valence-corrected chi connectivity index (χ1v) is 19.6. The van der Waals surface area contributed by atoms with Crippen molar-refractivity contribution >= 4 is 24.5 Å². The van der Waals surface area contributed by atoms with Gasteiger partial charge in [0.1, 0.15) is 0 Å². The van der Waals surface area contributed by atoms with Gasteiger partial charge >= 0.3 is 0 Å². The number of anilines is 1. The minimum absolute atomic E-state index is 0.0457. The standard InChI is InChI=1S/C40H49NOSi/c1-40(2,3)42-26-16-6-7-17-27-43(5,38-31-21-11-8-18-28(31)29-19-9-12-22-32(29)38)39-33-23-13-10-20-30(33)37-36(39)34-24-14-15-25-35(34)41(37)4/h8-15,18-25,28-29,31-32,37-38H,6-7,16-17,26-27H2,1-5H3. The van der Waals surface area contributed by atoms with Crippen LogP contribution in [0.5, 0.6) is 0 Å². The predicted molar refractivity (Wildman–Crippen MR) is 186 cm³/mol. The van der Waals surface area contributed by atoms with E-state index in [1.165, 1.54) is 42.1 Å². The number of nitrogens with zero attached hydrogens (tertiary/aromatic N) is 1. The minimum Gasteiger partial charge on any atom is -0.376 e. The van der Waals surface area contributed by atoms with Crippen LogP contribution in [0.15, 0.2) is 97.1 Å². The van der Waals surface area contributed by atoms with Crippen LogP contribution in [0, 0.1) is 23.7 Å². The molecule has 0 N–H and O–H groups in total. The van der Waals surface area contributed by atoms with E-state index in [0.29, 0.717) is 35.3 Å². The van der Waals surface area contributed by atoms with Crippen molar-refractivity contribution in [1.29, 1.82) is 0 Å². The van der Waals surface area contributed by atoms with Crippen molar-refractivity contribution in [2.24, 2.45) is 23.7 Å². The first-order chi connectivity index (χ1) is 20.8. The lowest BCUT2D eigenvalue weighted by molar-refractivity contribution is -0.00471. The lowest BCUT2D eigenvalue weighted by Gasteiger charge is -2.42. The summed E-state index contributed by atoms with van der Waals surface area (Å²) in [5.74, 6) is 2.44. The van der Waals surface area contributed by atoms with Gasteiger partial charge in [0.15, 0.2) is 0 Å². The van der Waals surface area contributed by atoms with Gasteiger partial charge in [-0.15, -0.1) is 0 Å². The molecule has 7 rings (SSSR count). The van der Waals surface area contributed by atoms with Gasteiger partial charge in [-0.05, 0) is 84.4 Å². The zero-order valence-electron chi connectivity index (χ0n) is 26.8. The molecule has 2 aromatic rings. The Balaban J connectivity index is 1.31. The molecule has 0 saturated heterocycles. The molecule has 0 amide bonds. The van der Waals surface area contributed by atoms with Crippen LogP contribution in [0.3, 0.4) is 0 Å². The van der Waals surface area contributed by atoms with Crippen molar-refractivity contribution in [3.8, 4) is 0 Å². The van der Waals surface area contributed by atoms with Crippen molar-refractivity contribution in [3.63, 3.8) is 0 Å². The molecule has 1 aliphatic heterocycles. The molecule has 0 spiro atoms. The van der Waals surface area contributed by atoms with Crippen molar-refractivity contribution in [3.05, 3.63) is 114 Å². The van der Waals surface area contributed by atoms with Gasteiger partial charge in [-0.2, -0.15) is 0 Å². The molecule has 6 unspecified atom stereocenters. The third kappa shape index (κ3) is 4.88. The summed E-state index contributed by atoms with van der Waals surface area (Å²) in [5, 5.41) is 1.77. The normalized spacial score (nSPS) is 29.4. The fourth-order valence-electron chi connectivity index (χ4n) is 9.51. The van der Waals surface area contributed by atoms with Crippen LogP contribution in [0.1, 0.15) is 69.2 Å². The van der Waals surface area contributed by atoms with Gasteiger partial charge in [0.05, 0.1) is 19.7 Å². The molecule has 1 saturated carbocycles. The monoisotopic (exact) mass is 587 g/mol. The van der Waals surface area contributed by atoms with E-state index in [4.69, 9.17) is 4.74 Å². The molecule has 43 heavy (non-hydrogen) atoms. The number of likely N-dealkylation sites (N-methyl/N-ethyl adjacent to an activating group) is 1. The van der Waals surface area contributed by atoms with Crippen LogP contribution in [0.4, 0.5) is 5.69 Å². The highest BCUT2D eigenvalue weighted by Crippen LogP contribution is 2.66. The SMILES string of the molecule is CN1c2ccccc2C2=C([Si](C)(CCCCCCOC(C)(C)C)C3C4C=CC=CC4C4C=CC=CC43)c3ccccc3C21. The zero-order valence-corrected chi connectivity index (χ0v) is 27.8. The Labute approximate surface area is 260 Å². The third-order valence-electron chi connectivity index (χ3n) is 11.2. The number of benzene rings is 2. The summed E-state index contributed by atoms with van der Waals surface area (Å²) in [7, 11) is 0.237. The number of hydrogen-bond donors (Lipinski definition) is 0. The van der Waals surface area contributed by atoms with E-state index in [-0.39, 0.29) is 5.60 Å². The average molecular weight is 588 g/mol. The van der Waals surface area contributed by atoms with Crippen LogP contribution in [-0.2, 0) is 4.74 Å². The largest absolute Gasteiger partial charge is 0.376 e. The van der Waals surface area contributed by atoms with Gasteiger partial charge in [-0.3, -0.25) is 0 Å². The lowest BCUT2D eigenvalue weighted by atomic mass is 9.83. The Kier molecular flexibility index (Phi) is 7.54. The quantitative estimate of drug-likeness (QED) is 0.214. The Hall–Kier alpha value is -2.88. The maximum absolute atomic E-state index is 6.06. The summed E-state index contributed by atoms with van der Waals surface area (Å²) in [6.07, 6.45) is 24.6. The van der Waals surface area contributed by atoms with Gasteiger partial charge < -0.3 is 9.64 Å². The molecule has 5 aliphatic rings. The van der Waals surface area contributed by atoms with Crippen LogP contribution in [0.2, 0.25) is 18.1 Å². The minimum atomic E-state index is -2.08. The fraction of sp³-hybridized carbons (Fsp3) is 0.450. The van der Waals surface area contributed by atoms with E-state index in [9.17, 15) is 0 Å². The van der Waals surface area contributed by atoms with Gasteiger partial charge in [-0.25, -0.2) is 0 Å². The molecular weight excluding hydrogens is 539 g/mol. The summed E-state index contributed by atoms with van der Waals surface area (Å²) in [5.41, 5.74) is 8.22. The molecule has 1 heterocycles. The highest BCUT2D eigenvalue weighted by atomic mass is 28.3. The first kappa shape index (κ1) is 28.9. The number of hydrogen-bond acceptors (Lipinski definition) is 2. The fourth-order valence-corrected chi connectivity index (χ4v) is 15.5. The number of unbranched alkanes of at least 4 members (excludes halogenated alkanes) is 3. The molecule has 4 aliphatic carbocycles. The second-order valence-corrected chi connectivity index (χ2v) is 19.3. The highest BCUT2D eigenvalue weighted by Gasteiger charge is 2.58. The van der Waals surface area contributed by atoms with E-state index in [1.54, 1.807) is 16.3 Å². The molecule has 2 nitrogen and oxygen atoms in total. The van der Waals surface area contributed by atoms with Gasteiger partial charge in [0.25, 0.3) is 0 Å². The van der Waals surface area contributed by atoms with E-state index in [2.05, 4.69) is 136 Å². The molecular formula is C40H49NOSi. The molecule has 0 radical (unpaired) electrons. The maximum Gasteiger partial charge on any atom is 0.0892 e. The number of rotatable bonds is 9. The lowest BCUT2D eigenvalue weighted by Crippen LogP contribution is -2.43. The molecule has 224 valence electrons. The zero-order chi connectivity index (χ0) is 29.8. The summed E-state index contributed by atoms with van der Waals surface area (Å²) in [6, 6.07) is 20.4. The summed E-state index contributed by atoms with van der Waals surface area (Å²) in [6.45, 7) is 10.2. The van der Waals surface area contributed by atoms with E-state index in [1.807, 2.05) is 0 Å². The Morgan fingerprint density at radius 2 is 1.30 bits per heavy atom. The molecule has 2 aromatic carbocycles. The number of para-hydroxylation sites is 1. The number of allylic oxidation sites excluding steroid dienone is 8. The topological polar surface area (TPSA) is 12.5 Å². The van der Waals surface area contributed by atoms with E-state index >= 15 is 0 Å². The number of fused-ring (bicyclic) bond motifs is 8. The second kappa shape index (κ2) is 11.2. The van der Waals surface area contributed by atoms with Crippen LogP contribution in [-0.4, -0.2) is 27.3 Å². The Morgan fingerprint density at radius 1 is 0.721 bits per heavy atom. The third-order valence-corrected chi connectivity index (χ3v) is 16.5. The maximum atomic E-state index is 6.06. The predicted octanol–water partition coefficient (Wildman–Crippen LogP) is 10.2. The summed E-state index contributed by atoms with van der Waals surface area (Å²) in [4.78, 5) is 2.56. The Morgan fingerprint density at radius 3 is 1.98 bits per heavy atom. The smallest absolute Gasteiger partial charge is 0.0892 e. The van der Waals surface area contributed by atoms with Gasteiger partial charge in [0.2, 0.25) is 0 Å². The molecule has 1 fully saturated rings. The van der Waals surface area contributed by atoms with Crippen molar-refractivity contribution < 1.29 is 4.74 Å². The average Bonchev–Trinajstić information content (AvgIpc) is 3.63. The van der Waals surface area contributed by atoms with Crippen LogP contribution >= 0.6 is 0 Å². The molecule has 3 heteroatoms. The summed E-state index contributed by atoms with van der Waals surface area (Å²) >= 11 is 0. The molecule has 6 atom stereocenters.